The van der Waals surface area contributed by atoms with E-state index in [-0.39, 0.29) is 16.6 Å². The first-order chi connectivity index (χ1) is 11.5. The SMILES string of the molecule is Cc1ccc(C(=O)Nc2ccc(S(=O)(=O)N3CCCCC3)cc2)o1. The van der Waals surface area contributed by atoms with E-state index in [4.69, 9.17) is 4.42 Å². The number of carbonyl (C=O) groups is 1. The van der Waals surface area contributed by atoms with Crippen molar-refractivity contribution in [1.29, 1.82) is 0 Å². The molecule has 0 atom stereocenters. The van der Waals surface area contributed by atoms with Crippen LogP contribution in [0.1, 0.15) is 35.6 Å². The number of nitrogens with one attached hydrogen (secondary N) is 1. The molecule has 0 saturated carbocycles. The Bertz CT molecular complexity index is 819. The molecular formula is C17H20N2O4S. The average molecular weight is 348 g/mol. The molecule has 7 heteroatoms. The predicted molar refractivity (Wildman–Crippen MR) is 90.5 cm³/mol. The van der Waals surface area contributed by atoms with E-state index >= 15 is 0 Å². The van der Waals surface area contributed by atoms with Crippen molar-refractivity contribution in [1.82, 2.24) is 4.31 Å². The molecule has 2 heterocycles. The van der Waals surface area contributed by atoms with Gasteiger partial charge in [-0.15, -0.1) is 0 Å². The third-order valence-corrected chi connectivity index (χ3v) is 5.94. The number of amides is 1. The van der Waals surface area contributed by atoms with Gasteiger partial charge in [0.1, 0.15) is 5.76 Å². The van der Waals surface area contributed by atoms with Gasteiger partial charge < -0.3 is 9.73 Å². The normalized spacial score (nSPS) is 16.0. The number of aryl methyl sites for hydroxylation is 1. The number of hydrogen-bond donors (Lipinski definition) is 1. The van der Waals surface area contributed by atoms with E-state index in [1.54, 1.807) is 31.2 Å². The largest absolute Gasteiger partial charge is 0.456 e. The van der Waals surface area contributed by atoms with E-state index in [1.807, 2.05) is 0 Å². The third kappa shape index (κ3) is 3.52. The molecule has 1 aromatic carbocycles. The van der Waals surface area contributed by atoms with Gasteiger partial charge in [0.15, 0.2) is 5.76 Å². The molecule has 1 N–H and O–H groups in total. The number of benzene rings is 1. The lowest BCUT2D eigenvalue weighted by Crippen LogP contribution is -2.35. The van der Waals surface area contributed by atoms with E-state index in [0.29, 0.717) is 24.5 Å². The molecule has 0 aliphatic carbocycles. The molecule has 2 aromatic rings. The van der Waals surface area contributed by atoms with Crippen LogP contribution in [0.3, 0.4) is 0 Å². The first-order valence-corrected chi connectivity index (χ1v) is 9.39. The highest BCUT2D eigenvalue weighted by Gasteiger charge is 2.25. The summed E-state index contributed by atoms with van der Waals surface area (Å²) in [6.07, 6.45) is 2.87. The number of sulfonamides is 1. The van der Waals surface area contributed by atoms with Crippen molar-refractivity contribution in [2.45, 2.75) is 31.1 Å². The summed E-state index contributed by atoms with van der Waals surface area (Å²) in [7, 11) is -3.45. The molecule has 6 nitrogen and oxygen atoms in total. The Kier molecular flexibility index (Phi) is 4.73. The first-order valence-electron chi connectivity index (χ1n) is 7.95. The van der Waals surface area contributed by atoms with Crippen LogP contribution < -0.4 is 5.32 Å². The molecule has 0 radical (unpaired) electrons. The highest BCUT2D eigenvalue weighted by Crippen LogP contribution is 2.22. The smallest absolute Gasteiger partial charge is 0.291 e. The van der Waals surface area contributed by atoms with E-state index in [9.17, 15) is 13.2 Å². The van der Waals surface area contributed by atoms with E-state index in [0.717, 1.165) is 19.3 Å². The lowest BCUT2D eigenvalue weighted by molar-refractivity contribution is 0.0995. The van der Waals surface area contributed by atoms with Crippen LogP contribution in [-0.2, 0) is 10.0 Å². The van der Waals surface area contributed by atoms with Gasteiger partial charge >= 0.3 is 0 Å². The first kappa shape index (κ1) is 16.7. The zero-order valence-electron chi connectivity index (χ0n) is 13.5. The molecule has 0 spiro atoms. The molecule has 1 aliphatic heterocycles. The monoisotopic (exact) mass is 348 g/mol. The van der Waals surface area contributed by atoms with Crippen LogP contribution in [-0.4, -0.2) is 31.7 Å². The number of nitrogens with zero attached hydrogens (tertiary/aromatic N) is 1. The minimum absolute atomic E-state index is 0.220. The summed E-state index contributed by atoms with van der Waals surface area (Å²) in [5, 5.41) is 2.69. The minimum atomic E-state index is -3.45. The summed E-state index contributed by atoms with van der Waals surface area (Å²) >= 11 is 0. The molecule has 0 unspecified atom stereocenters. The van der Waals surface area contributed by atoms with Crippen molar-refractivity contribution >= 4 is 21.6 Å². The van der Waals surface area contributed by atoms with Crippen LogP contribution in [0.2, 0.25) is 0 Å². The molecule has 1 aromatic heterocycles. The highest BCUT2D eigenvalue weighted by atomic mass is 32.2. The maximum absolute atomic E-state index is 12.6. The van der Waals surface area contributed by atoms with Gasteiger partial charge in [-0.2, -0.15) is 4.31 Å². The second-order valence-electron chi connectivity index (χ2n) is 5.85. The summed E-state index contributed by atoms with van der Waals surface area (Å²) < 4.78 is 31.9. The van der Waals surface area contributed by atoms with Gasteiger partial charge in [-0.25, -0.2) is 8.42 Å². The Balaban J connectivity index is 1.72. The van der Waals surface area contributed by atoms with Gasteiger partial charge in [0.25, 0.3) is 5.91 Å². The van der Waals surface area contributed by atoms with Gasteiger partial charge in [-0.05, 0) is 56.2 Å². The van der Waals surface area contributed by atoms with Crippen molar-refractivity contribution < 1.29 is 17.6 Å². The zero-order chi connectivity index (χ0) is 17.2. The molecule has 3 rings (SSSR count). The topological polar surface area (TPSA) is 79.6 Å². The predicted octanol–water partition coefficient (Wildman–Crippen LogP) is 3.01. The second-order valence-corrected chi connectivity index (χ2v) is 7.79. The van der Waals surface area contributed by atoms with Crippen molar-refractivity contribution in [3.63, 3.8) is 0 Å². The number of anilines is 1. The fourth-order valence-electron chi connectivity index (χ4n) is 2.71. The van der Waals surface area contributed by atoms with Crippen molar-refractivity contribution in [2.75, 3.05) is 18.4 Å². The number of furan rings is 1. The number of carbonyl (C=O) groups excluding carboxylic acids is 1. The van der Waals surface area contributed by atoms with Gasteiger partial charge in [0, 0.05) is 18.8 Å². The van der Waals surface area contributed by atoms with Crippen LogP contribution in [0.5, 0.6) is 0 Å². The summed E-state index contributed by atoms with van der Waals surface area (Å²) in [5.41, 5.74) is 0.520. The van der Waals surface area contributed by atoms with Crippen LogP contribution in [0.4, 0.5) is 5.69 Å². The van der Waals surface area contributed by atoms with Crippen LogP contribution in [0, 0.1) is 6.92 Å². The summed E-state index contributed by atoms with van der Waals surface area (Å²) in [6, 6.07) is 9.53. The Morgan fingerprint density at radius 3 is 2.29 bits per heavy atom. The molecule has 128 valence electrons. The van der Waals surface area contributed by atoms with Crippen LogP contribution in [0.25, 0.3) is 0 Å². The van der Waals surface area contributed by atoms with E-state index in [2.05, 4.69) is 5.32 Å². The molecule has 1 fully saturated rings. The number of piperidine rings is 1. The summed E-state index contributed by atoms with van der Waals surface area (Å²) in [5.74, 6) is 0.510. The highest BCUT2D eigenvalue weighted by molar-refractivity contribution is 7.89. The third-order valence-electron chi connectivity index (χ3n) is 4.03. The molecule has 1 amide bonds. The van der Waals surface area contributed by atoms with Gasteiger partial charge in [0.2, 0.25) is 10.0 Å². The Morgan fingerprint density at radius 1 is 1.04 bits per heavy atom. The lowest BCUT2D eigenvalue weighted by atomic mass is 10.2. The second kappa shape index (κ2) is 6.78. The lowest BCUT2D eigenvalue weighted by Gasteiger charge is -2.25. The van der Waals surface area contributed by atoms with Crippen LogP contribution in [0.15, 0.2) is 45.7 Å². The van der Waals surface area contributed by atoms with Gasteiger partial charge in [0.05, 0.1) is 4.90 Å². The van der Waals surface area contributed by atoms with Gasteiger partial charge in [-0.1, -0.05) is 6.42 Å². The maximum Gasteiger partial charge on any atom is 0.291 e. The Labute approximate surface area is 141 Å². The fraction of sp³-hybridized carbons (Fsp3) is 0.353. The van der Waals surface area contributed by atoms with Crippen molar-refractivity contribution in [2.24, 2.45) is 0 Å². The van der Waals surface area contributed by atoms with E-state index < -0.39 is 10.0 Å². The molecular weight excluding hydrogens is 328 g/mol. The minimum Gasteiger partial charge on any atom is -0.456 e. The molecule has 24 heavy (non-hydrogen) atoms. The molecule has 0 bridgehead atoms. The maximum atomic E-state index is 12.6. The summed E-state index contributed by atoms with van der Waals surface area (Å²) in [6.45, 7) is 2.90. The molecule has 1 saturated heterocycles. The zero-order valence-corrected chi connectivity index (χ0v) is 14.3. The summed E-state index contributed by atoms with van der Waals surface area (Å²) in [4.78, 5) is 12.3. The van der Waals surface area contributed by atoms with Crippen molar-refractivity contribution in [3.8, 4) is 0 Å². The number of rotatable bonds is 4. The average Bonchev–Trinajstić information content (AvgIpc) is 3.03. The Hall–Kier alpha value is -2.12. The number of hydrogen-bond acceptors (Lipinski definition) is 4. The quantitative estimate of drug-likeness (QED) is 0.921. The van der Waals surface area contributed by atoms with Gasteiger partial charge in [-0.3, -0.25) is 4.79 Å². The van der Waals surface area contributed by atoms with Crippen LogP contribution >= 0.6 is 0 Å². The fourth-order valence-corrected chi connectivity index (χ4v) is 4.23. The van der Waals surface area contributed by atoms with E-state index in [1.165, 1.54) is 16.4 Å². The van der Waals surface area contributed by atoms with Crippen molar-refractivity contribution in [3.05, 3.63) is 47.9 Å². The molecule has 1 aliphatic rings. The standard InChI is InChI=1S/C17H20N2O4S/c1-13-5-10-16(23-13)17(20)18-14-6-8-15(9-7-14)24(21,22)19-11-3-2-4-12-19/h5-10H,2-4,11-12H2,1H3,(H,18,20). The Morgan fingerprint density at radius 2 is 1.71 bits per heavy atom.